The second-order valence-electron chi connectivity index (χ2n) is 6.06. The molecule has 0 aliphatic carbocycles. The lowest BCUT2D eigenvalue weighted by molar-refractivity contribution is 0.0740. The number of anilines is 1. The van der Waals surface area contributed by atoms with Crippen molar-refractivity contribution >= 4 is 11.7 Å². The number of amides is 1. The molecule has 0 saturated heterocycles. The maximum atomic E-state index is 12.3. The Morgan fingerprint density at radius 2 is 2.05 bits per heavy atom. The van der Waals surface area contributed by atoms with Crippen LogP contribution in [-0.2, 0) is 0 Å². The molecule has 0 aromatic carbocycles. The van der Waals surface area contributed by atoms with Gasteiger partial charge in [0.15, 0.2) is 0 Å². The summed E-state index contributed by atoms with van der Waals surface area (Å²) in [5.74, 6) is 0.729. The minimum atomic E-state index is -0.0323. The molecule has 4 nitrogen and oxygen atoms in total. The van der Waals surface area contributed by atoms with Crippen LogP contribution in [0.5, 0.6) is 0 Å². The van der Waals surface area contributed by atoms with E-state index in [1.165, 1.54) is 0 Å². The Hall–Kier alpha value is -1.58. The van der Waals surface area contributed by atoms with Crippen LogP contribution in [0.2, 0.25) is 0 Å². The van der Waals surface area contributed by atoms with Crippen LogP contribution in [0, 0.1) is 5.41 Å². The fourth-order valence-electron chi connectivity index (χ4n) is 1.88. The lowest BCUT2D eigenvalue weighted by Gasteiger charge is -2.26. The molecule has 0 spiro atoms. The molecule has 106 valence electrons. The van der Waals surface area contributed by atoms with E-state index in [1.807, 2.05) is 19.2 Å². The fraction of sp³-hybridized carbons (Fsp3) is 0.600. The third-order valence-corrected chi connectivity index (χ3v) is 2.58. The third-order valence-electron chi connectivity index (χ3n) is 2.58. The monoisotopic (exact) mass is 263 g/mol. The van der Waals surface area contributed by atoms with Gasteiger partial charge in [-0.05, 0) is 24.0 Å². The van der Waals surface area contributed by atoms with Gasteiger partial charge < -0.3 is 10.2 Å². The number of carbonyl (C=O) groups is 1. The first-order chi connectivity index (χ1) is 8.83. The lowest BCUT2D eigenvalue weighted by atomic mass is 9.96. The predicted molar refractivity (Wildman–Crippen MR) is 79.4 cm³/mol. The van der Waals surface area contributed by atoms with Gasteiger partial charge in [-0.15, -0.1) is 0 Å². The molecule has 0 fully saturated rings. The average Bonchev–Trinajstić information content (AvgIpc) is 2.33. The van der Waals surface area contributed by atoms with Gasteiger partial charge >= 0.3 is 0 Å². The molecule has 1 aromatic rings. The summed E-state index contributed by atoms with van der Waals surface area (Å²) < 4.78 is 0. The smallest absolute Gasteiger partial charge is 0.272 e. The Labute approximate surface area is 116 Å². The van der Waals surface area contributed by atoms with Gasteiger partial charge in [0.25, 0.3) is 5.91 Å². The van der Waals surface area contributed by atoms with Gasteiger partial charge in [0.2, 0.25) is 0 Å². The first-order valence-corrected chi connectivity index (χ1v) is 6.80. The number of nitrogens with zero attached hydrogens (tertiary/aromatic N) is 2. The van der Waals surface area contributed by atoms with Crippen molar-refractivity contribution in [2.24, 2.45) is 5.41 Å². The van der Waals surface area contributed by atoms with Crippen molar-refractivity contribution < 1.29 is 4.79 Å². The maximum absolute atomic E-state index is 12.3. The van der Waals surface area contributed by atoms with E-state index < -0.39 is 0 Å². The molecule has 1 N–H and O–H groups in total. The zero-order valence-electron chi connectivity index (χ0n) is 12.7. The maximum Gasteiger partial charge on any atom is 0.272 e. The first kappa shape index (κ1) is 15.5. The summed E-state index contributed by atoms with van der Waals surface area (Å²) in [6, 6.07) is 5.51. The molecule has 0 unspecified atom stereocenters. The third kappa shape index (κ3) is 5.28. The molecule has 1 heterocycles. The van der Waals surface area contributed by atoms with Crippen molar-refractivity contribution in [2.45, 2.75) is 34.1 Å². The van der Waals surface area contributed by atoms with Crippen molar-refractivity contribution in [3.8, 4) is 0 Å². The summed E-state index contributed by atoms with van der Waals surface area (Å²) in [4.78, 5) is 18.4. The highest BCUT2D eigenvalue weighted by atomic mass is 16.2. The van der Waals surface area contributed by atoms with Crippen LogP contribution in [0.25, 0.3) is 0 Å². The van der Waals surface area contributed by atoms with Gasteiger partial charge in [-0.1, -0.05) is 33.8 Å². The van der Waals surface area contributed by atoms with Gasteiger partial charge in [0.1, 0.15) is 11.5 Å². The molecule has 4 heteroatoms. The Morgan fingerprint density at radius 3 is 2.63 bits per heavy atom. The van der Waals surface area contributed by atoms with E-state index in [9.17, 15) is 4.79 Å². The van der Waals surface area contributed by atoms with E-state index in [-0.39, 0.29) is 11.3 Å². The first-order valence-electron chi connectivity index (χ1n) is 6.80. The number of rotatable bonds is 5. The van der Waals surface area contributed by atoms with Crippen LogP contribution in [0.4, 0.5) is 5.82 Å². The Bertz CT molecular complexity index is 424. The van der Waals surface area contributed by atoms with Crippen molar-refractivity contribution in [1.29, 1.82) is 0 Å². The standard InChI is InChI=1S/C15H25N3O/c1-6-10-16-13-9-7-8-12(17-13)14(19)18(5)11-15(2,3)4/h7-9H,6,10-11H2,1-5H3,(H,16,17). The number of aromatic nitrogens is 1. The summed E-state index contributed by atoms with van der Waals surface area (Å²) >= 11 is 0. The minimum Gasteiger partial charge on any atom is -0.370 e. The van der Waals surface area contributed by atoms with E-state index in [0.29, 0.717) is 12.2 Å². The zero-order valence-corrected chi connectivity index (χ0v) is 12.7. The molecule has 19 heavy (non-hydrogen) atoms. The van der Waals surface area contributed by atoms with Gasteiger partial charge in [-0.2, -0.15) is 0 Å². The number of carbonyl (C=O) groups excluding carboxylic acids is 1. The highest BCUT2D eigenvalue weighted by Crippen LogP contribution is 2.16. The van der Waals surface area contributed by atoms with Gasteiger partial charge in [0, 0.05) is 20.1 Å². The highest BCUT2D eigenvalue weighted by molar-refractivity contribution is 5.92. The summed E-state index contributed by atoms with van der Waals surface area (Å²) in [5.41, 5.74) is 0.579. The second kappa shape index (κ2) is 6.55. The number of hydrogen-bond acceptors (Lipinski definition) is 3. The largest absolute Gasteiger partial charge is 0.370 e. The highest BCUT2D eigenvalue weighted by Gasteiger charge is 2.19. The van der Waals surface area contributed by atoms with Crippen LogP contribution in [0.15, 0.2) is 18.2 Å². The topological polar surface area (TPSA) is 45.2 Å². The summed E-state index contributed by atoms with van der Waals surface area (Å²) in [6.07, 6.45) is 1.03. The second-order valence-corrected chi connectivity index (χ2v) is 6.06. The molecular weight excluding hydrogens is 238 g/mol. The van der Waals surface area contributed by atoms with E-state index in [4.69, 9.17) is 0 Å². The fourth-order valence-corrected chi connectivity index (χ4v) is 1.88. The molecule has 0 bridgehead atoms. The molecular formula is C15H25N3O. The number of pyridine rings is 1. The Balaban J connectivity index is 2.76. The molecule has 1 amide bonds. The zero-order chi connectivity index (χ0) is 14.5. The van der Waals surface area contributed by atoms with Gasteiger partial charge in [-0.3, -0.25) is 4.79 Å². The minimum absolute atomic E-state index is 0.0323. The molecule has 0 radical (unpaired) electrons. The molecule has 0 atom stereocenters. The van der Waals surface area contributed by atoms with E-state index in [1.54, 1.807) is 11.0 Å². The summed E-state index contributed by atoms with van der Waals surface area (Å²) in [6.45, 7) is 10.0. The average molecular weight is 263 g/mol. The quantitative estimate of drug-likeness (QED) is 0.888. The summed E-state index contributed by atoms with van der Waals surface area (Å²) in [5, 5.41) is 3.19. The van der Waals surface area contributed by atoms with E-state index >= 15 is 0 Å². The number of nitrogens with one attached hydrogen (secondary N) is 1. The molecule has 0 aliphatic rings. The molecule has 1 aromatic heterocycles. The normalized spacial score (nSPS) is 11.2. The Kier molecular flexibility index (Phi) is 5.33. The number of hydrogen-bond donors (Lipinski definition) is 1. The molecule has 0 saturated carbocycles. The molecule has 0 aliphatic heterocycles. The lowest BCUT2D eigenvalue weighted by Crippen LogP contribution is -2.35. The van der Waals surface area contributed by atoms with Crippen LogP contribution in [0.1, 0.15) is 44.6 Å². The molecule has 1 rings (SSSR count). The van der Waals surface area contributed by atoms with Crippen molar-refractivity contribution in [3.63, 3.8) is 0 Å². The van der Waals surface area contributed by atoms with Gasteiger partial charge in [-0.25, -0.2) is 4.98 Å². The van der Waals surface area contributed by atoms with Crippen molar-refractivity contribution in [3.05, 3.63) is 23.9 Å². The van der Waals surface area contributed by atoms with Crippen LogP contribution < -0.4 is 5.32 Å². The Morgan fingerprint density at radius 1 is 1.37 bits per heavy atom. The summed E-state index contributed by atoms with van der Waals surface area (Å²) in [7, 11) is 1.82. The van der Waals surface area contributed by atoms with E-state index in [2.05, 4.69) is 38.0 Å². The van der Waals surface area contributed by atoms with Crippen LogP contribution in [0.3, 0.4) is 0 Å². The van der Waals surface area contributed by atoms with Crippen molar-refractivity contribution in [2.75, 3.05) is 25.5 Å². The predicted octanol–water partition coefficient (Wildman–Crippen LogP) is 3.02. The van der Waals surface area contributed by atoms with Crippen LogP contribution >= 0.6 is 0 Å². The van der Waals surface area contributed by atoms with Crippen molar-refractivity contribution in [1.82, 2.24) is 9.88 Å². The van der Waals surface area contributed by atoms with E-state index in [0.717, 1.165) is 18.8 Å². The van der Waals surface area contributed by atoms with Gasteiger partial charge in [0.05, 0.1) is 0 Å². The SMILES string of the molecule is CCCNc1cccc(C(=O)N(C)CC(C)(C)C)n1. The van der Waals surface area contributed by atoms with Crippen LogP contribution in [-0.4, -0.2) is 35.9 Å².